The second kappa shape index (κ2) is 16.2. The Labute approximate surface area is 401 Å². The lowest BCUT2D eigenvalue weighted by molar-refractivity contribution is 0.542. The first-order chi connectivity index (χ1) is 34.1. The minimum Gasteiger partial charge on any atom is -0.330 e. The van der Waals surface area contributed by atoms with Gasteiger partial charge in [0.15, 0.2) is 0 Å². The van der Waals surface area contributed by atoms with Crippen LogP contribution >= 0.6 is 0 Å². The highest BCUT2D eigenvalue weighted by Crippen LogP contribution is 2.57. The summed E-state index contributed by atoms with van der Waals surface area (Å²) in [5.74, 6) is 0.267. The van der Waals surface area contributed by atoms with Gasteiger partial charge < -0.3 is 18.9 Å². The van der Waals surface area contributed by atoms with Gasteiger partial charge >= 0.3 is 0 Å². The maximum absolute atomic E-state index is 9.71. The highest BCUT2D eigenvalue weighted by Gasteiger charge is 2.51. The summed E-state index contributed by atoms with van der Waals surface area (Å²) in [6.45, 7) is 0. The molecule has 0 N–H and O–H groups in total. The normalized spacial score (nSPS) is 18.3. The van der Waals surface area contributed by atoms with E-state index in [0.717, 1.165) is 71.8 Å². The number of hydrogen-bond donors (Lipinski definition) is 0. The SMILES string of the molecule is N#Cc1ccc(N(C2=CCC(C3=CC=C(N(c4ccc(C#N)cc4)c4ccc5c(c4)c4ccccc4n5-c4ccccc4)CC3)C=C2)c2ccc3c(c2)c2ccccc2n3C23CC=CC=C2C3)cc1. The van der Waals surface area contributed by atoms with Crippen molar-refractivity contribution in [3.8, 4) is 17.8 Å². The summed E-state index contributed by atoms with van der Waals surface area (Å²) >= 11 is 0. The highest BCUT2D eigenvalue weighted by molar-refractivity contribution is 6.11. The lowest BCUT2D eigenvalue weighted by atomic mass is 9.85. The van der Waals surface area contributed by atoms with Gasteiger partial charge in [0.25, 0.3) is 0 Å². The number of nitrogens with zero attached hydrogens (tertiary/aromatic N) is 6. The van der Waals surface area contributed by atoms with Crippen molar-refractivity contribution in [1.29, 1.82) is 10.5 Å². The van der Waals surface area contributed by atoms with Gasteiger partial charge in [0.05, 0.1) is 45.4 Å². The minimum atomic E-state index is 0.0273. The summed E-state index contributed by atoms with van der Waals surface area (Å²) in [5, 5.41) is 24.3. The molecule has 2 aromatic heterocycles. The number of nitriles is 2. The molecular weight excluding hydrogens is 841 g/mol. The number of allylic oxidation sites excluding steroid dienone is 11. The smallest absolute Gasteiger partial charge is 0.0991 e. The van der Waals surface area contributed by atoms with Gasteiger partial charge in [-0.1, -0.05) is 96.6 Å². The van der Waals surface area contributed by atoms with E-state index in [-0.39, 0.29) is 11.5 Å². The second-order valence-electron chi connectivity index (χ2n) is 18.7. The van der Waals surface area contributed by atoms with Gasteiger partial charge in [-0.3, -0.25) is 0 Å². The van der Waals surface area contributed by atoms with E-state index in [0.29, 0.717) is 11.1 Å². The molecule has 0 aliphatic heterocycles. The maximum atomic E-state index is 9.71. The predicted octanol–water partition coefficient (Wildman–Crippen LogP) is 15.7. The van der Waals surface area contributed by atoms with Crippen LogP contribution in [0.5, 0.6) is 0 Å². The van der Waals surface area contributed by atoms with Gasteiger partial charge in [0, 0.05) is 72.8 Å². The van der Waals surface area contributed by atoms with Crippen LogP contribution in [0.15, 0.2) is 235 Å². The summed E-state index contributed by atoms with van der Waals surface area (Å²) < 4.78 is 4.95. The number of hydrogen-bond acceptors (Lipinski definition) is 4. The molecule has 328 valence electrons. The summed E-state index contributed by atoms with van der Waals surface area (Å²) in [6.07, 6.45) is 23.3. The fourth-order valence-electron chi connectivity index (χ4n) is 11.5. The Kier molecular flexibility index (Phi) is 9.49. The number of anilines is 4. The molecular formula is C63H46N6. The van der Waals surface area contributed by atoms with E-state index in [9.17, 15) is 10.5 Å². The third kappa shape index (κ3) is 6.68. The molecule has 4 aliphatic rings. The largest absolute Gasteiger partial charge is 0.330 e. The van der Waals surface area contributed by atoms with Gasteiger partial charge in [0.1, 0.15) is 0 Å². The van der Waals surface area contributed by atoms with Crippen molar-refractivity contribution in [3.63, 3.8) is 0 Å². The van der Waals surface area contributed by atoms with Crippen LogP contribution in [0.1, 0.15) is 43.2 Å². The van der Waals surface area contributed by atoms with Gasteiger partial charge in [-0.15, -0.1) is 0 Å². The number of fused-ring (bicyclic) bond motifs is 7. The Hall–Kier alpha value is -8.84. The molecule has 2 unspecified atom stereocenters. The molecule has 7 aromatic carbocycles. The topological polar surface area (TPSA) is 63.9 Å². The van der Waals surface area contributed by atoms with Crippen LogP contribution < -0.4 is 9.80 Å². The van der Waals surface area contributed by atoms with Crippen molar-refractivity contribution in [2.24, 2.45) is 5.92 Å². The summed E-state index contributed by atoms with van der Waals surface area (Å²) in [6, 6.07) is 62.4. The third-order valence-electron chi connectivity index (χ3n) is 14.9. The molecule has 13 rings (SSSR count). The molecule has 4 aliphatic carbocycles. The Morgan fingerprint density at radius 3 is 1.81 bits per heavy atom. The van der Waals surface area contributed by atoms with E-state index in [2.05, 4.69) is 219 Å². The van der Waals surface area contributed by atoms with E-state index in [1.807, 2.05) is 24.3 Å². The van der Waals surface area contributed by atoms with E-state index in [1.165, 1.54) is 54.9 Å². The first kappa shape index (κ1) is 40.4. The van der Waals surface area contributed by atoms with Crippen molar-refractivity contribution in [1.82, 2.24) is 9.13 Å². The summed E-state index contributed by atoms with van der Waals surface area (Å²) in [5.41, 5.74) is 16.8. The van der Waals surface area contributed by atoms with Crippen LogP contribution in [0.2, 0.25) is 0 Å². The quantitative estimate of drug-likeness (QED) is 0.145. The van der Waals surface area contributed by atoms with Gasteiger partial charge in [-0.25, -0.2) is 0 Å². The van der Waals surface area contributed by atoms with Crippen LogP contribution in [0.4, 0.5) is 22.7 Å². The number of aromatic nitrogens is 2. The van der Waals surface area contributed by atoms with Crippen molar-refractivity contribution >= 4 is 66.4 Å². The molecule has 6 heteroatoms. The zero-order valence-corrected chi connectivity index (χ0v) is 38.0. The van der Waals surface area contributed by atoms with Crippen molar-refractivity contribution in [2.45, 2.75) is 37.6 Å². The van der Waals surface area contributed by atoms with Crippen LogP contribution in [0.3, 0.4) is 0 Å². The van der Waals surface area contributed by atoms with E-state index < -0.39 is 0 Å². The fraction of sp³-hybridized carbons (Fsp3) is 0.111. The average Bonchev–Trinajstić information content (AvgIpc) is 3.94. The molecule has 2 heterocycles. The van der Waals surface area contributed by atoms with Crippen LogP contribution in [-0.2, 0) is 5.54 Å². The molecule has 1 fully saturated rings. The first-order valence-corrected chi connectivity index (χ1v) is 24.0. The van der Waals surface area contributed by atoms with Gasteiger partial charge in [0.2, 0.25) is 0 Å². The van der Waals surface area contributed by atoms with Gasteiger partial charge in [-0.05, 0) is 159 Å². The molecule has 0 bridgehead atoms. The van der Waals surface area contributed by atoms with Crippen LogP contribution in [0, 0.1) is 28.6 Å². The molecule has 9 aromatic rings. The van der Waals surface area contributed by atoms with Crippen LogP contribution in [0.25, 0.3) is 49.3 Å². The Bertz CT molecular complexity index is 3840. The lowest BCUT2D eigenvalue weighted by Gasteiger charge is -2.32. The molecule has 2 atom stereocenters. The first-order valence-electron chi connectivity index (χ1n) is 24.0. The summed E-state index contributed by atoms with van der Waals surface area (Å²) in [4.78, 5) is 4.72. The molecule has 6 nitrogen and oxygen atoms in total. The van der Waals surface area contributed by atoms with E-state index in [4.69, 9.17) is 0 Å². The van der Waals surface area contributed by atoms with Crippen molar-refractivity contribution < 1.29 is 0 Å². The van der Waals surface area contributed by atoms with Crippen molar-refractivity contribution in [3.05, 3.63) is 246 Å². The fourth-order valence-corrected chi connectivity index (χ4v) is 11.5. The summed E-state index contributed by atoms with van der Waals surface area (Å²) in [7, 11) is 0. The average molecular weight is 887 g/mol. The predicted molar refractivity (Wildman–Crippen MR) is 282 cm³/mol. The molecule has 0 spiro atoms. The van der Waals surface area contributed by atoms with Gasteiger partial charge in [-0.2, -0.15) is 10.5 Å². The highest BCUT2D eigenvalue weighted by atomic mass is 15.2. The molecule has 0 saturated heterocycles. The van der Waals surface area contributed by atoms with E-state index >= 15 is 0 Å². The number of benzene rings is 7. The zero-order chi connectivity index (χ0) is 46.1. The Morgan fingerprint density at radius 1 is 0.551 bits per heavy atom. The number of para-hydroxylation sites is 3. The van der Waals surface area contributed by atoms with Crippen LogP contribution in [-0.4, -0.2) is 9.13 Å². The molecule has 0 radical (unpaired) electrons. The standard InChI is InChI=1S/C63H46N6/c64-41-43-17-25-49(26-18-43)66(53-33-35-60-57(38-53)55-13-4-6-15-59(55)68(60)48-11-2-1-3-12-48)51-29-21-45(22-30-51)46-23-31-52(32-24-46)67(50-27-19-44(42-65)20-28-50)54-34-36-62-58(39-54)56-14-5-7-16-61(56)69(62)63-37-9-8-10-47(63)40-63/h1-21,23,25-29,31-36,38-39,46H,22,24,30,37,40H2. The Morgan fingerprint density at radius 2 is 1.14 bits per heavy atom. The minimum absolute atomic E-state index is 0.0273. The number of rotatable bonds is 9. The maximum Gasteiger partial charge on any atom is 0.0991 e. The zero-order valence-electron chi connectivity index (χ0n) is 38.0. The van der Waals surface area contributed by atoms with E-state index in [1.54, 1.807) is 0 Å². The molecule has 0 amide bonds. The monoisotopic (exact) mass is 886 g/mol. The third-order valence-corrected chi connectivity index (χ3v) is 14.9. The second-order valence-corrected chi connectivity index (χ2v) is 18.7. The van der Waals surface area contributed by atoms with Crippen molar-refractivity contribution in [2.75, 3.05) is 9.80 Å². The molecule has 69 heavy (non-hydrogen) atoms. The lowest BCUT2D eigenvalue weighted by Crippen LogP contribution is -2.20. The molecule has 1 saturated carbocycles. The Balaban J connectivity index is 0.839.